The third-order valence-corrected chi connectivity index (χ3v) is 3.54. The van der Waals surface area contributed by atoms with Gasteiger partial charge in [-0.1, -0.05) is 19.8 Å². The van der Waals surface area contributed by atoms with Crippen molar-refractivity contribution < 1.29 is 4.79 Å². The maximum Gasteiger partial charge on any atom is 0.225 e. The minimum Gasteiger partial charge on any atom is -0.343 e. The lowest BCUT2D eigenvalue weighted by Crippen LogP contribution is -2.41. The smallest absolute Gasteiger partial charge is 0.225 e. The van der Waals surface area contributed by atoms with Crippen molar-refractivity contribution in [2.75, 3.05) is 13.1 Å². The van der Waals surface area contributed by atoms with E-state index in [1.165, 1.54) is 0 Å². The summed E-state index contributed by atoms with van der Waals surface area (Å²) in [6.45, 7) is 5.98. The summed E-state index contributed by atoms with van der Waals surface area (Å²) in [5.41, 5.74) is 5.93. The van der Waals surface area contributed by atoms with Gasteiger partial charge >= 0.3 is 0 Å². The number of rotatable bonds is 5. The molecule has 0 radical (unpaired) electrons. The molecule has 1 saturated carbocycles. The largest absolute Gasteiger partial charge is 0.343 e. The third kappa shape index (κ3) is 5.26. The summed E-state index contributed by atoms with van der Waals surface area (Å²) in [7, 11) is 0. The number of halogens is 1. The second-order valence-corrected chi connectivity index (χ2v) is 4.90. The number of carbonyl (C=O) groups excluding carboxylic acids is 1. The Morgan fingerprint density at radius 3 is 2.59 bits per heavy atom. The average molecular weight is 263 g/mol. The van der Waals surface area contributed by atoms with Gasteiger partial charge in [-0.05, 0) is 32.6 Å². The van der Waals surface area contributed by atoms with Gasteiger partial charge in [0.2, 0.25) is 5.91 Å². The molecule has 0 aromatic carbocycles. The van der Waals surface area contributed by atoms with Crippen LogP contribution < -0.4 is 5.73 Å². The molecule has 0 spiro atoms. The van der Waals surface area contributed by atoms with E-state index in [-0.39, 0.29) is 24.4 Å². The normalized spacial score (nSPS) is 23.9. The molecule has 0 aliphatic heterocycles. The summed E-state index contributed by atoms with van der Waals surface area (Å²) in [6, 6.07) is 0.243. The summed E-state index contributed by atoms with van der Waals surface area (Å²) >= 11 is 0. The van der Waals surface area contributed by atoms with E-state index in [9.17, 15) is 4.79 Å². The zero-order chi connectivity index (χ0) is 12.0. The number of amides is 1. The number of unbranched alkanes of at least 4 members (excludes halogenated alkanes) is 1. The van der Waals surface area contributed by atoms with Gasteiger partial charge in [-0.15, -0.1) is 12.4 Å². The molecule has 1 rings (SSSR count). The van der Waals surface area contributed by atoms with E-state index < -0.39 is 0 Å². The fraction of sp³-hybridized carbons (Fsp3) is 0.923. The van der Waals surface area contributed by atoms with Gasteiger partial charge in [-0.3, -0.25) is 4.79 Å². The van der Waals surface area contributed by atoms with Gasteiger partial charge in [0.1, 0.15) is 0 Å². The maximum atomic E-state index is 12.3. The van der Waals surface area contributed by atoms with Gasteiger partial charge < -0.3 is 10.6 Å². The number of carbonyl (C=O) groups is 1. The lowest BCUT2D eigenvalue weighted by atomic mass is 9.85. The van der Waals surface area contributed by atoms with Crippen LogP contribution in [0, 0.1) is 5.92 Å². The quantitative estimate of drug-likeness (QED) is 0.828. The van der Waals surface area contributed by atoms with Crippen LogP contribution in [0.1, 0.15) is 52.4 Å². The maximum absolute atomic E-state index is 12.3. The van der Waals surface area contributed by atoms with Crippen LogP contribution in [-0.4, -0.2) is 29.9 Å². The predicted octanol–water partition coefficient (Wildman–Crippen LogP) is 2.57. The molecule has 1 fully saturated rings. The van der Waals surface area contributed by atoms with Crippen molar-refractivity contribution in [1.29, 1.82) is 0 Å². The third-order valence-electron chi connectivity index (χ3n) is 3.54. The molecule has 4 heteroatoms. The molecule has 2 N–H and O–H groups in total. The highest BCUT2D eigenvalue weighted by molar-refractivity contribution is 5.85. The topological polar surface area (TPSA) is 46.3 Å². The Hall–Kier alpha value is -0.280. The molecule has 0 aromatic heterocycles. The molecule has 2 atom stereocenters. The number of hydrogen-bond donors (Lipinski definition) is 1. The van der Waals surface area contributed by atoms with Crippen LogP contribution in [0.4, 0.5) is 0 Å². The Morgan fingerprint density at radius 1 is 1.35 bits per heavy atom. The molecule has 102 valence electrons. The molecule has 0 saturated heterocycles. The highest BCUT2D eigenvalue weighted by Crippen LogP contribution is 2.25. The first-order valence-electron chi connectivity index (χ1n) is 6.73. The molecule has 1 aliphatic carbocycles. The predicted molar refractivity (Wildman–Crippen MR) is 74.3 cm³/mol. The summed E-state index contributed by atoms with van der Waals surface area (Å²) in [4.78, 5) is 14.3. The van der Waals surface area contributed by atoms with E-state index in [1.54, 1.807) is 0 Å². The zero-order valence-corrected chi connectivity index (χ0v) is 12.0. The standard InChI is InChI=1S/C13H26N2O.ClH/c1-3-5-9-15(4-2)13(16)11-7-6-8-12(14)10-11;/h11-12H,3-10,14H2,1-2H3;1H. The van der Waals surface area contributed by atoms with Crippen LogP contribution >= 0.6 is 12.4 Å². The fourth-order valence-electron chi connectivity index (χ4n) is 2.48. The molecular weight excluding hydrogens is 236 g/mol. The Balaban J connectivity index is 0.00000256. The van der Waals surface area contributed by atoms with Crippen LogP contribution in [0.3, 0.4) is 0 Å². The molecule has 2 unspecified atom stereocenters. The molecule has 0 aromatic rings. The molecule has 1 aliphatic rings. The van der Waals surface area contributed by atoms with Crippen LogP contribution in [0.15, 0.2) is 0 Å². The van der Waals surface area contributed by atoms with Crippen molar-refractivity contribution in [1.82, 2.24) is 4.90 Å². The van der Waals surface area contributed by atoms with Crippen molar-refractivity contribution in [2.45, 2.75) is 58.4 Å². The summed E-state index contributed by atoms with van der Waals surface area (Å²) < 4.78 is 0. The molecule has 0 bridgehead atoms. The number of nitrogens with two attached hydrogens (primary N) is 1. The van der Waals surface area contributed by atoms with E-state index in [4.69, 9.17) is 5.73 Å². The lowest BCUT2D eigenvalue weighted by molar-refractivity contribution is -0.136. The van der Waals surface area contributed by atoms with E-state index in [1.807, 2.05) is 4.90 Å². The first-order valence-corrected chi connectivity index (χ1v) is 6.73. The van der Waals surface area contributed by atoms with Crippen molar-refractivity contribution in [3.63, 3.8) is 0 Å². The Kier molecular flexibility index (Phi) is 8.61. The van der Waals surface area contributed by atoms with Gasteiger partial charge in [0.15, 0.2) is 0 Å². The monoisotopic (exact) mass is 262 g/mol. The molecule has 3 nitrogen and oxygen atoms in total. The van der Waals surface area contributed by atoms with Crippen LogP contribution in [0.2, 0.25) is 0 Å². The molecular formula is C13H27ClN2O. The first-order chi connectivity index (χ1) is 7.69. The van der Waals surface area contributed by atoms with E-state index >= 15 is 0 Å². The van der Waals surface area contributed by atoms with Crippen molar-refractivity contribution >= 4 is 18.3 Å². The minimum atomic E-state index is 0. The van der Waals surface area contributed by atoms with E-state index in [0.717, 1.165) is 51.6 Å². The van der Waals surface area contributed by atoms with Crippen LogP contribution in [0.25, 0.3) is 0 Å². The second-order valence-electron chi connectivity index (χ2n) is 4.90. The van der Waals surface area contributed by atoms with E-state index in [2.05, 4.69) is 13.8 Å². The molecule has 0 heterocycles. The van der Waals surface area contributed by atoms with Crippen molar-refractivity contribution in [3.8, 4) is 0 Å². The second kappa shape index (κ2) is 8.76. The highest BCUT2D eigenvalue weighted by atomic mass is 35.5. The van der Waals surface area contributed by atoms with Crippen LogP contribution in [0.5, 0.6) is 0 Å². The number of hydrogen-bond acceptors (Lipinski definition) is 2. The van der Waals surface area contributed by atoms with Crippen molar-refractivity contribution in [2.24, 2.45) is 11.7 Å². The van der Waals surface area contributed by atoms with Gasteiger partial charge in [-0.2, -0.15) is 0 Å². The van der Waals surface area contributed by atoms with E-state index in [0.29, 0.717) is 5.91 Å². The minimum absolute atomic E-state index is 0. The highest BCUT2D eigenvalue weighted by Gasteiger charge is 2.27. The average Bonchev–Trinajstić information content (AvgIpc) is 2.29. The zero-order valence-electron chi connectivity index (χ0n) is 11.2. The van der Waals surface area contributed by atoms with Gasteiger partial charge in [0.05, 0.1) is 0 Å². The summed E-state index contributed by atoms with van der Waals surface area (Å²) in [6.07, 6.45) is 6.39. The SMILES string of the molecule is CCCCN(CC)C(=O)C1CCCC(N)C1.Cl. The van der Waals surface area contributed by atoms with Crippen LogP contribution in [-0.2, 0) is 4.79 Å². The van der Waals surface area contributed by atoms with Gasteiger partial charge in [0, 0.05) is 25.0 Å². The molecule has 1 amide bonds. The lowest BCUT2D eigenvalue weighted by Gasteiger charge is -2.30. The van der Waals surface area contributed by atoms with Gasteiger partial charge in [0.25, 0.3) is 0 Å². The summed E-state index contributed by atoms with van der Waals surface area (Å²) in [5.74, 6) is 0.534. The summed E-state index contributed by atoms with van der Waals surface area (Å²) in [5, 5.41) is 0. The number of nitrogens with zero attached hydrogens (tertiary/aromatic N) is 1. The molecule has 17 heavy (non-hydrogen) atoms. The Labute approximate surface area is 112 Å². The first kappa shape index (κ1) is 16.7. The fourth-order valence-corrected chi connectivity index (χ4v) is 2.48. The van der Waals surface area contributed by atoms with Gasteiger partial charge in [-0.25, -0.2) is 0 Å². The Morgan fingerprint density at radius 2 is 2.06 bits per heavy atom. The Bertz CT molecular complexity index is 223. The van der Waals surface area contributed by atoms with Crippen molar-refractivity contribution in [3.05, 3.63) is 0 Å².